The highest BCUT2D eigenvalue weighted by atomic mass is 19.1. The maximum atomic E-state index is 13.5. The lowest BCUT2D eigenvalue weighted by molar-refractivity contribution is -0.155. The maximum Gasteiger partial charge on any atom is 0.344 e. The fourth-order valence-electron chi connectivity index (χ4n) is 1.91. The first-order valence-corrected chi connectivity index (χ1v) is 7.53. The Labute approximate surface area is 147 Å². The highest BCUT2D eigenvalue weighted by Crippen LogP contribution is 2.18. The van der Waals surface area contributed by atoms with Gasteiger partial charge in [-0.25, -0.2) is 13.6 Å². The lowest BCUT2D eigenvalue weighted by atomic mass is 10.2. The van der Waals surface area contributed by atoms with Crippen LogP contribution in [-0.2, 0) is 14.3 Å². The van der Waals surface area contributed by atoms with Crippen LogP contribution in [0, 0.1) is 11.6 Å². The van der Waals surface area contributed by atoms with Gasteiger partial charge in [0.15, 0.2) is 12.7 Å². The van der Waals surface area contributed by atoms with E-state index in [4.69, 9.17) is 9.47 Å². The van der Waals surface area contributed by atoms with Gasteiger partial charge in [0.05, 0.1) is 0 Å². The van der Waals surface area contributed by atoms with Crippen LogP contribution in [0.15, 0.2) is 42.5 Å². The topological polar surface area (TPSA) is 81.7 Å². The summed E-state index contributed by atoms with van der Waals surface area (Å²) in [6.07, 6.45) is -0.626. The molecule has 0 fully saturated rings. The molecule has 0 aliphatic heterocycles. The molecular formula is C18H15F2NO5. The molecule has 2 aromatic carbocycles. The molecule has 2 rings (SSSR count). The van der Waals surface area contributed by atoms with Crippen LogP contribution in [0.3, 0.4) is 0 Å². The van der Waals surface area contributed by atoms with Gasteiger partial charge in [-0.05, 0) is 43.3 Å². The Kier molecular flexibility index (Phi) is 6.37. The SMILES string of the molecule is C[C@@H](OC(=O)COc1ccc(C=O)cc1)C(=O)Nc1c(F)cccc1F. The first-order valence-electron chi connectivity index (χ1n) is 7.53. The van der Waals surface area contributed by atoms with Crippen molar-refractivity contribution in [3.63, 3.8) is 0 Å². The van der Waals surface area contributed by atoms with E-state index >= 15 is 0 Å². The number of anilines is 1. The zero-order valence-electron chi connectivity index (χ0n) is 13.7. The van der Waals surface area contributed by atoms with Gasteiger partial charge >= 0.3 is 5.97 Å². The van der Waals surface area contributed by atoms with Crippen molar-refractivity contribution in [2.45, 2.75) is 13.0 Å². The van der Waals surface area contributed by atoms with E-state index in [1.165, 1.54) is 31.2 Å². The molecule has 0 radical (unpaired) electrons. The molecule has 0 bridgehead atoms. The number of carbonyl (C=O) groups excluding carboxylic acids is 3. The van der Waals surface area contributed by atoms with Gasteiger partial charge in [-0.1, -0.05) is 6.07 Å². The molecule has 0 spiro atoms. The van der Waals surface area contributed by atoms with Gasteiger partial charge in [-0.3, -0.25) is 9.59 Å². The fraction of sp³-hybridized carbons (Fsp3) is 0.167. The fourth-order valence-corrected chi connectivity index (χ4v) is 1.91. The van der Waals surface area contributed by atoms with E-state index in [1.54, 1.807) is 0 Å². The summed E-state index contributed by atoms with van der Waals surface area (Å²) in [5, 5.41) is 2.03. The van der Waals surface area contributed by atoms with Crippen LogP contribution in [0.4, 0.5) is 14.5 Å². The molecule has 0 heterocycles. The lowest BCUT2D eigenvalue weighted by Gasteiger charge is -2.14. The van der Waals surface area contributed by atoms with Gasteiger partial charge in [0, 0.05) is 5.56 Å². The van der Waals surface area contributed by atoms with Crippen LogP contribution in [0.1, 0.15) is 17.3 Å². The van der Waals surface area contributed by atoms with Gasteiger partial charge < -0.3 is 14.8 Å². The number of ether oxygens (including phenoxy) is 2. The minimum atomic E-state index is -1.29. The molecule has 8 heteroatoms. The standard InChI is InChI=1S/C18H15F2NO5/c1-11(18(24)21-17-14(19)3-2-4-15(17)20)26-16(23)10-25-13-7-5-12(9-22)6-8-13/h2-9,11H,10H2,1H3,(H,21,24)/t11-/m1/s1. The number of hydrogen-bond acceptors (Lipinski definition) is 5. The monoisotopic (exact) mass is 363 g/mol. The van der Waals surface area contributed by atoms with Gasteiger partial charge in [-0.15, -0.1) is 0 Å². The van der Waals surface area contributed by atoms with Crippen molar-refractivity contribution in [3.05, 3.63) is 59.7 Å². The van der Waals surface area contributed by atoms with Crippen molar-refractivity contribution in [1.82, 2.24) is 0 Å². The van der Waals surface area contributed by atoms with Crippen molar-refractivity contribution >= 4 is 23.9 Å². The molecule has 1 atom stereocenters. The summed E-state index contributed by atoms with van der Waals surface area (Å²) in [5.74, 6) is -3.30. The highest BCUT2D eigenvalue weighted by molar-refractivity contribution is 5.95. The van der Waals surface area contributed by atoms with E-state index in [2.05, 4.69) is 0 Å². The van der Waals surface area contributed by atoms with Crippen molar-refractivity contribution in [2.75, 3.05) is 11.9 Å². The molecule has 1 N–H and O–H groups in total. The summed E-state index contributed by atoms with van der Waals surface area (Å²) < 4.78 is 37.0. The van der Waals surface area contributed by atoms with E-state index in [0.29, 0.717) is 17.6 Å². The minimum absolute atomic E-state index is 0.332. The summed E-state index contributed by atoms with van der Waals surface area (Å²) >= 11 is 0. The van der Waals surface area contributed by atoms with Crippen LogP contribution in [0.25, 0.3) is 0 Å². The Hall–Kier alpha value is -3.29. The molecule has 1 amide bonds. The molecule has 0 saturated heterocycles. The smallest absolute Gasteiger partial charge is 0.344 e. The van der Waals surface area contributed by atoms with Crippen molar-refractivity contribution in [1.29, 1.82) is 0 Å². The first kappa shape index (κ1) is 19.0. The second kappa shape index (κ2) is 8.70. The van der Waals surface area contributed by atoms with Crippen LogP contribution >= 0.6 is 0 Å². The summed E-state index contributed by atoms with van der Waals surface area (Å²) in [4.78, 5) is 34.2. The predicted molar refractivity (Wildman–Crippen MR) is 87.9 cm³/mol. The van der Waals surface area contributed by atoms with E-state index < -0.39 is 41.9 Å². The number of nitrogens with one attached hydrogen (secondary N) is 1. The first-order chi connectivity index (χ1) is 12.4. The van der Waals surface area contributed by atoms with Gasteiger partial charge in [-0.2, -0.15) is 0 Å². The Bertz CT molecular complexity index is 787. The Balaban J connectivity index is 1.85. The molecule has 0 aliphatic carbocycles. The number of para-hydroxylation sites is 1. The Morgan fingerprint density at radius 1 is 1.12 bits per heavy atom. The molecule has 26 heavy (non-hydrogen) atoms. The van der Waals surface area contributed by atoms with E-state index in [-0.39, 0.29) is 0 Å². The molecule has 0 aromatic heterocycles. The zero-order valence-corrected chi connectivity index (χ0v) is 13.7. The van der Waals surface area contributed by atoms with Gasteiger partial charge in [0.2, 0.25) is 0 Å². The van der Waals surface area contributed by atoms with Crippen LogP contribution in [0.2, 0.25) is 0 Å². The molecule has 6 nitrogen and oxygen atoms in total. The molecular weight excluding hydrogens is 348 g/mol. The summed E-state index contributed by atoms with van der Waals surface area (Å²) in [6, 6.07) is 9.13. The highest BCUT2D eigenvalue weighted by Gasteiger charge is 2.21. The lowest BCUT2D eigenvalue weighted by Crippen LogP contribution is -2.32. The zero-order chi connectivity index (χ0) is 19.1. The Morgan fingerprint density at radius 2 is 1.73 bits per heavy atom. The van der Waals surface area contributed by atoms with Gasteiger partial charge in [0.25, 0.3) is 5.91 Å². The Morgan fingerprint density at radius 3 is 2.31 bits per heavy atom. The predicted octanol–water partition coefficient (Wildman–Crippen LogP) is 2.73. The van der Waals surface area contributed by atoms with Crippen LogP contribution in [0.5, 0.6) is 5.75 Å². The van der Waals surface area contributed by atoms with E-state index in [0.717, 1.165) is 18.2 Å². The van der Waals surface area contributed by atoms with Crippen molar-refractivity contribution in [2.24, 2.45) is 0 Å². The summed E-state index contributed by atoms with van der Waals surface area (Å²) in [6.45, 7) is 0.775. The number of carbonyl (C=O) groups is 3. The third-order valence-corrected chi connectivity index (χ3v) is 3.26. The third kappa shape index (κ3) is 5.10. The molecule has 136 valence electrons. The minimum Gasteiger partial charge on any atom is -0.482 e. The largest absolute Gasteiger partial charge is 0.482 e. The van der Waals surface area contributed by atoms with Crippen molar-refractivity contribution < 1.29 is 32.6 Å². The van der Waals surface area contributed by atoms with Crippen LogP contribution < -0.4 is 10.1 Å². The summed E-state index contributed by atoms with van der Waals surface area (Å²) in [5.41, 5.74) is -0.169. The van der Waals surface area contributed by atoms with Crippen LogP contribution in [-0.4, -0.2) is 30.9 Å². The second-order valence-electron chi connectivity index (χ2n) is 5.19. The molecule has 0 unspecified atom stereocenters. The normalized spacial score (nSPS) is 11.3. The average molecular weight is 363 g/mol. The van der Waals surface area contributed by atoms with Crippen molar-refractivity contribution in [3.8, 4) is 5.75 Å². The van der Waals surface area contributed by atoms with E-state index in [1.807, 2.05) is 5.32 Å². The second-order valence-corrected chi connectivity index (χ2v) is 5.19. The third-order valence-electron chi connectivity index (χ3n) is 3.26. The number of esters is 1. The maximum absolute atomic E-state index is 13.5. The van der Waals surface area contributed by atoms with Gasteiger partial charge in [0.1, 0.15) is 29.4 Å². The number of aldehydes is 1. The number of amides is 1. The number of halogens is 2. The molecule has 2 aromatic rings. The van der Waals surface area contributed by atoms with E-state index in [9.17, 15) is 23.2 Å². The molecule has 0 saturated carbocycles. The molecule has 0 aliphatic rings. The summed E-state index contributed by atoms with van der Waals surface area (Å²) in [7, 11) is 0. The number of rotatable bonds is 7. The number of benzene rings is 2. The quantitative estimate of drug-likeness (QED) is 0.604. The average Bonchev–Trinajstić information content (AvgIpc) is 2.63. The number of hydrogen-bond donors (Lipinski definition) is 1.